The summed E-state index contributed by atoms with van der Waals surface area (Å²) < 4.78 is 20.5. The van der Waals surface area contributed by atoms with Crippen LogP contribution in [0.1, 0.15) is 36.1 Å². The molecule has 2 aliphatic rings. The van der Waals surface area contributed by atoms with E-state index in [1.54, 1.807) is 36.4 Å². The molecule has 0 unspecified atom stereocenters. The molecule has 6 nitrogen and oxygen atoms in total. The number of benzene rings is 2. The lowest BCUT2D eigenvalue weighted by Crippen LogP contribution is -2.32. The van der Waals surface area contributed by atoms with Crippen molar-refractivity contribution in [3.8, 4) is 5.75 Å². The van der Waals surface area contributed by atoms with Crippen molar-refractivity contribution in [1.29, 1.82) is 0 Å². The van der Waals surface area contributed by atoms with Crippen LogP contribution in [0.25, 0.3) is 5.76 Å². The van der Waals surface area contributed by atoms with Crippen molar-refractivity contribution in [3.63, 3.8) is 0 Å². The summed E-state index contributed by atoms with van der Waals surface area (Å²) in [5.41, 5.74) is 1.44. The molecule has 2 aliphatic heterocycles. The minimum atomic E-state index is -0.984. The fraction of sp³-hybridized carbons (Fsp3) is 0.360. The smallest absolute Gasteiger partial charge is 0.295 e. The molecule has 32 heavy (non-hydrogen) atoms. The van der Waals surface area contributed by atoms with E-state index in [9.17, 15) is 19.1 Å². The molecule has 1 saturated heterocycles. The van der Waals surface area contributed by atoms with Crippen molar-refractivity contribution >= 4 is 17.4 Å². The lowest BCUT2D eigenvalue weighted by atomic mass is 9.94. The van der Waals surface area contributed by atoms with Gasteiger partial charge in [-0.25, -0.2) is 4.39 Å². The van der Waals surface area contributed by atoms with Gasteiger partial charge in [0.05, 0.1) is 11.6 Å². The number of nitrogens with zero attached hydrogens (tertiary/aromatic N) is 2. The molecule has 2 aromatic carbocycles. The Hall–Kier alpha value is -3.19. The molecule has 0 spiro atoms. The molecule has 0 bridgehead atoms. The first-order valence-corrected chi connectivity index (χ1v) is 10.8. The third kappa shape index (κ3) is 4.00. The Morgan fingerprint density at radius 1 is 1.22 bits per heavy atom. The third-order valence-corrected chi connectivity index (χ3v) is 5.91. The number of hydrogen-bond donors (Lipinski definition) is 1. The van der Waals surface area contributed by atoms with Crippen molar-refractivity contribution in [2.75, 3.05) is 27.2 Å². The lowest BCUT2D eigenvalue weighted by Gasteiger charge is -2.26. The van der Waals surface area contributed by atoms with E-state index in [2.05, 4.69) is 0 Å². The van der Waals surface area contributed by atoms with E-state index in [4.69, 9.17) is 4.74 Å². The molecule has 0 aromatic heterocycles. The summed E-state index contributed by atoms with van der Waals surface area (Å²) in [6.45, 7) is 2.93. The standard InChI is InChI=1S/C25H27FN2O4/c1-15-13-17-14-16(9-10-20(17)32-15)23(29)21-22(18-7-4-5-8-19(18)26)28(25(31)24(21)30)12-6-11-27(2)3/h4-5,7-10,14-15,22,29H,6,11-13H2,1-3H3/b23-21+/t15-,22-/m0/s1. The average molecular weight is 438 g/mol. The molecule has 7 heteroatoms. The summed E-state index contributed by atoms with van der Waals surface area (Å²) in [5, 5.41) is 11.2. The second-order valence-corrected chi connectivity index (χ2v) is 8.63. The summed E-state index contributed by atoms with van der Waals surface area (Å²) in [6.07, 6.45) is 1.33. The number of aliphatic hydroxyl groups is 1. The number of amides is 1. The van der Waals surface area contributed by atoms with Crippen LogP contribution in [0.15, 0.2) is 48.0 Å². The third-order valence-electron chi connectivity index (χ3n) is 5.91. The number of rotatable bonds is 6. The van der Waals surface area contributed by atoms with Crippen LogP contribution in [0.3, 0.4) is 0 Å². The van der Waals surface area contributed by atoms with Gasteiger partial charge in [0.1, 0.15) is 23.4 Å². The lowest BCUT2D eigenvalue weighted by molar-refractivity contribution is -0.140. The summed E-state index contributed by atoms with van der Waals surface area (Å²) >= 11 is 0. The predicted octanol–water partition coefficient (Wildman–Crippen LogP) is 3.52. The number of carbonyl (C=O) groups is 2. The van der Waals surface area contributed by atoms with Gasteiger partial charge in [0.25, 0.3) is 11.7 Å². The van der Waals surface area contributed by atoms with Crippen LogP contribution in [-0.2, 0) is 16.0 Å². The number of Topliss-reactive ketones (excluding diaryl/α,β-unsaturated/α-hetero) is 1. The van der Waals surface area contributed by atoms with Gasteiger partial charge in [-0.05, 0) is 63.8 Å². The second kappa shape index (κ2) is 8.74. The average Bonchev–Trinajstić information content (AvgIpc) is 3.24. The first kappa shape index (κ1) is 22.0. The van der Waals surface area contributed by atoms with Crippen LogP contribution in [0.4, 0.5) is 4.39 Å². The summed E-state index contributed by atoms with van der Waals surface area (Å²) in [7, 11) is 3.84. The van der Waals surface area contributed by atoms with Gasteiger partial charge in [0.15, 0.2) is 0 Å². The summed E-state index contributed by atoms with van der Waals surface area (Å²) in [4.78, 5) is 29.3. The van der Waals surface area contributed by atoms with Gasteiger partial charge in [0.2, 0.25) is 0 Å². The van der Waals surface area contributed by atoms with Crippen LogP contribution in [0.2, 0.25) is 0 Å². The number of fused-ring (bicyclic) bond motifs is 1. The molecule has 1 N–H and O–H groups in total. The van der Waals surface area contributed by atoms with Crippen molar-refractivity contribution in [1.82, 2.24) is 9.80 Å². The predicted molar refractivity (Wildman–Crippen MR) is 119 cm³/mol. The van der Waals surface area contributed by atoms with Crippen molar-refractivity contribution in [2.24, 2.45) is 0 Å². The maximum Gasteiger partial charge on any atom is 0.295 e. The van der Waals surface area contributed by atoms with Gasteiger partial charge >= 0.3 is 0 Å². The zero-order valence-corrected chi connectivity index (χ0v) is 18.5. The zero-order chi connectivity index (χ0) is 23.0. The van der Waals surface area contributed by atoms with Gasteiger partial charge in [-0.2, -0.15) is 0 Å². The highest BCUT2D eigenvalue weighted by Crippen LogP contribution is 2.41. The number of carbonyl (C=O) groups excluding carboxylic acids is 2. The second-order valence-electron chi connectivity index (χ2n) is 8.63. The Balaban J connectivity index is 1.80. The summed E-state index contributed by atoms with van der Waals surface area (Å²) in [5.74, 6) is -1.61. The van der Waals surface area contributed by atoms with Gasteiger partial charge in [-0.1, -0.05) is 18.2 Å². The maximum absolute atomic E-state index is 14.8. The molecule has 0 aliphatic carbocycles. The van der Waals surface area contributed by atoms with Crippen LogP contribution in [-0.4, -0.2) is 59.9 Å². The molecule has 0 radical (unpaired) electrons. The van der Waals surface area contributed by atoms with E-state index >= 15 is 0 Å². The van der Waals surface area contributed by atoms with Crippen LogP contribution in [0.5, 0.6) is 5.75 Å². The van der Waals surface area contributed by atoms with Gasteiger partial charge in [-0.15, -0.1) is 0 Å². The summed E-state index contributed by atoms with van der Waals surface area (Å²) in [6, 6.07) is 10.3. The fourth-order valence-corrected chi connectivity index (χ4v) is 4.41. The maximum atomic E-state index is 14.8. The highest BCUT2D eigenvalue weighted by Gasteiger charge is 2.46. The number of halogens is 1. The van der Waals surface area contributed by atoms with E-state index in [0.717, 1.165) is 11.3 Å². The van der Waals surface area contributed by atoms with E-state index in [0.29, 0.717) is 24.9 Å². The normalized spacial score (nSPS) is 21.8. The van der Waals surface area contributed by atoms with E-state index in [1.165, 1.54) is 11.0 Å². The number of ketones is 1. The van der Waals surface area contributed by atoms with Crippen LogP contribution < -0.4 is 4.74 Å². The molecule has 2 aromatic rings. The minimum Gasteiger partial charge on any atom is -0.507 e. The quantitative estimate of drug-likeness (QED) is 0.425. The largest absolute Gasteiger partial charge is 0.507 e. The number of hydrogen-bond acceptors (Lipinski definition) is 5. The number of aliphatic hydroxyl groups excluding tert-OH is 1. The highest BCUT2D eigenvalue weighted by molar-refractivity contribution is 6.46. The fourth-order valence-electron chi connectivity index (χ4n) is 4.41. The Morgan fingerprint density at radius 2 is 1.97 bits per heavy atom. The zero-order valence-electron chi connectivity index (χ0n) is 18.5. The molecule has 168 valence electrons. The van der Waals surface area contributed by atoms with E-state index < -0.39 is 23.5 Å². The monoisotopic (exact) mass is 438 g/mol. The Kier molecular flexibility index (Phi) is 6.02. The number of likely N-dealkylation sites (tertiary alicyclic amines) is 1. The topological polar surface area (TPSA) is 70.1 Å². The van der Waals surface area contributed by atoms with Gasteiger partial charge < -0.3 is 19.6 Å². The molecular formula is C25H27FN2O4. The van der Waals surface area contributed by atoms with Crippen molar-refractivity contribution < 1.29 is 23.8 Å². The minimum absolute atomic E-state index is 0.0306. The Bertz CT molecular complexity index is 1100. The molecule has 2 atom stereocenters. The molecule has 2 heterocycles. The van der Waals surface area contributed by atoms with Crippen molar-refractivity contribution in [3.05, 3.63) is 70.5 Å². The SMILES string of the molecule is C[C@H]1Cc2cc(/C(O)=C3\C(=O)C(=O)N(CCCN(C)C)[C@H]3c3ccccc3F)ccc2O1. The van der Waals surface area contributed by atoms with Gasteiger partial charge in [-0.3, -0.25) is 9.59 Å². The van der Waals surface area contributed by atoms with Crippen molar-refractivity contribution in [2.45, 2.75) is 31.9 Å². The van der Waals surface area contributed by atoms with E-state index in [1.807, 2.05) is 25.9 Å². The Morgan fingerprint density at radius 3 is 2.69 bits per heavy atom. The molecular weight excluding hydrogens is 411 g/mol. The Labute approximate surface area is 186 Å². The first-order valence-electron chi connectivity index (χ1n) is 10.8. The van der Waals surface area contributed by atoms with Gasteiger partial charge in [0, 0.05) is 24.1 Å². The molecule has 1 amide bonds. The first-order chi connectivity index (χ1) is 15.3. The van der Waals surface area contributed by atoms with Crippen LogP contribution >= 0.6 is 0 Å². The highest BCUT2D eigenvalue weighted by atomic mass is 19.1. The number of ether oxygens (including phenoxy) is 1. The molecule has 1 fully saturated rings. The molecule has 4 rings (SSSR count). The van der Waals surface area contributed by atoms with E-state index in [-0.39, 0.29) is 29.5 Å². The molecule has 0 saturated carbocycles. The van der Waals surface area contributed by atoms with Crippen LogP contribution in [0, 0.1) is 5.82 Å².